The van der Waals surface area contributed by atoms with Gasteiger partial charge in [0.25, 0.3) is 5.91 Å². The Bertz CT molecular complexity index is 1010. The molecule has 0 saturated heterocycles. The predicted molar refractivity (Wildman–Crippen MR) is 105 cm³/mol. The maximum Gasteiger partial charge on any atom is 0.339 e. The minimum Gasteiger partial charge on any atom is -0.444 e. The normalized spacial score (nSPS) is 11.4. The predicted octanol–water partition coefficient (Wildman–Crippen LogP) is 2.53. The molecule has 0 aliphatic heterocycles. The largest absolute Gasteiger partial charge is 0.444 e. The van der Waals surface area contributed by atoms with E-state index in [9.17, 15) is 14.4 Å². The van der Waals surface area contributed by atoms with Gasteiger partial charge in [-0.2, -0.15) is 5.10 Å². The summed E-state index contributed by atoms with van der Waals surface area (Å²) in [6, 6.07) is 16.3. The van der Waals surface area contributed by atoms with Gasteiger partial charge in [-0.1, -0.05) is 30.3 Å². The summed E-state index contributed by atoms with van der Waals surface area (Å²) in [5, 5.41) is 8.65. The molecule has 0 unspecified atom stereocenters. The Morgan fingerprint density at radius 1 is 1.00 bits per heavy atom. The first-order chi connectivity index (χ1) is 14.0. The summed E-state index contributed by atoms with van der Waals surface area (Å²) in [5.74, 6) is -1.43. The average molecular weight is 392 g/mol. The molecule has 0 saturated carbocycles. The molecule has 0 radical (unpaired) electrons. The molecule has 8 nitrogen and oxygen atoms in total. The lowest BCUT2D eigenvalue weighted by molar-refractivity contribution is -0.129. The molecule has 3 amide bonds. The van der Waals surface area contributed by atoms with E-state index in [4.69, 9.17) is 4.74 Å². The molecule has 3 rings (SSSR count). The Morgan fingerprint density at radius 2 is 1.69 bits per heavy atom. The molecule has 0 bridgehead atoms. The molecule has 148 valence electrons. The second kappa shape index (κ2) is 8.83. The standard InChI is InChI=1S/C21H20N4O4/c1-14-12-13-23-25(14)17-10-8-16(9-11-17)20(27)29-18(15-6-4-3-5-7-15)19(26)24-21(28)22-2/h3-13,18H,1-2H3,(H2,22,24,26,28)/t18-/m0/s1. The Kier molecular flexibility index (Phi) is 6.03. The van der Waals surface area contributed by atoms with Crippen LogP contribution in [0.3, 0.4) is 0 Å². The summed E-state index contributed by atoms with van der Waals surface area (Å²) in [6.07, 6.45) is 0.418. The van der Waals surface area contributed by atoms with E-state index in [2.05, 4.69) is 15.7 Å². The molecule has 0 aliphatic rings. The van der Waals surface area contributed by atoms with Gasteiger partial charge in [0.2, 0.25) is 6.10 Å². The molecule has 2 aromatic carbocycles. The van der Waals surface area contributed by atoms with Crippen LogP contribution in [0.2, 0.25) is 0 Å². The fourth-order valence-electron chi connectivity index (χ4n) is 2.69. The summed E-state index contributed by atoms with van der Waals surface area (Å²) in [5.41, 5.74) is 2.47. The summed E-state index contributed by atoms with van der Waals surface area (Å²) >= 11 is 0. The van der Waals surface area contributed by atoms with Crippen molar-refractivity contribution in [1.82, 2.24) is 20.4 Å². The van der Waals surface area contributed by atoms with Crippen LogP contribution in [0.15, 0.2) is 66.9 Å². The maximum absolute atomic E-state index is 12.6. The number of hydrogen-bond acceptors (Lipinski definition) is 5. The quantitative estimate of drug-likeness (QED) is 0.650. The molecular formula is C21H20N4O4. The number of ether oxygens (including phenoxy) is 1. The Hall–Kier alpha value is -3.94. The van der Waals surface area contributed by atoms with Gasteiger partial charge in [-0.3, -0.25) is 10.1 Å². The number of carbonyl (C=O) groups excluding carboxylic acids is 3. The Balaban J connectivity index is 1.80. The lowest BCUT2D eigenvalue weighted by Gasteiger charge is -2.17. The summed E-state index contributed by atoms with van der Waals surface area (Å²) < 4.78 is 7.17. The molecule has 1 aromatic heterocycles. The van der Waals surface area contributed by atoms with Crippen LogP contribution in [0.25, 0.3) is 5.69 Å². The molecule has 3 aromatic rings. The van der Waals surface area contributed by atoms with Gasteiger partial charge in [-0.05, 0) is 37.3 Å². The van der Waals surface area contributed by atoms with Crippen molar-refractivity contribution in [2.45, 2.75) is 13.0 Å². The van der Waals surface area contributed by atoms with E-state index in [0.717, 1.165) is 11.4 Å². The number of aryl methyl sites for hydroxylation is 1. The van der Waals surface area contributed by atoms with Gasteiger partial charge < -0.3 is 10.1 Å². The highest BCUT2D eigenvalue weighted by Crippen LogP contribution is 2.20. The molecular weight excluding hydrogens is 372 g/mol. The highest BCUT2D eigenvalue weighted by Gasteiger charge is 2.27. The minimum atomic E-state index is -1.27. The van der Waals surface area contributed by atoms with E-state index in [0.29, 0.717) is 5.56 Å². The van der Waals surface area contributed by atoms with Crippen LogP contribution in [0, 0.1) is 6.92 Å². The Labute approximate surface area is 167 Å². The zero-order valence-corrected chi connectivity index (χ0v) is 16.0. The first-order valence-corrected chi connectivity index (χ1v) is 8.89. The lowest BCUT2D eigenvalue weighted by Crippen LogP contribution is -2.41. The number of hydrogen-bond donors (Lipinski definition) is 2. The van der Waals surface area contributed by atoms with Crippen molar-refractivity contribution in [2.24, 2.45) is 0 Å². The number of benzene rings is 2. The van der Waals surface area contributed by atoms with Crippen molar-refractivity contribution < 1.29 is 19.1 Å². The number of amides is 3. The van der Waals surface area contributed by atoms with Crippen LogP contribution >= 0.6 is 0 Å². The van der Waals surface area contributed by atoms with Crippen LogP contribution in [0.1, 0.15) is 27.7 Å². The second-order valence-corrected chi connectivity index (χ2v) is 6.20. The van der Waals surface area contributed by atoms with E-state index in [1.807, 2.05) is 13.0 Å². The molecule has 0 fully saturated rings. The summed E-state index contributed by atoms with van der Waals surface area (Å²) in [4.78, 5) is 36.6. The smallest absolute Gasteiger partial charge is 0.339 e. The van der Waals surface area contributed by atoms with E-state index in [-0.39, 0.29) is 5.56 Å². The SMILES string of the molecule is CNC(=O)NC(=O)[C@@H](OC(=O)c1ccc(-n2nccc2C)cc1)c1ccccc1. The number of urea groups is 1. The van der Waals surface area contributed by atoms with Gasteiger partial charge in [0, 0.05) is 24.5 Å². The first kappa shape index (κ1) is 19.8. The van der Waals surface area contributed by atoms with Crippen LogP contribution in [0.5, 0.6) is 0 Å². The third-order valence-electron chi connectivity index (χ3n) is 4.21. The lowest BCUT2D eigenvalue weighted by atomic mass is 10.1. The van der Waals surface area contributed by atoms with E-state index < -0.39 is 24.0 Å². The van der Waals surface area contributed by atoms with Crippen molar-refractivity contribution in [1.29, 1.82) is 0 Å². The highest BCUT2D eigenvalue weighted by atomic mass is 16.5. The van der Waals surface area contributed by atoms with Gasteiger partial charge in [-0.15, -0.1) is 0 Å². The molecule has 2 N–H and O–H groups in total. The molecule has 1 atom stereocenters. The first-order valence-electron chi connectivity index (χ1n) is 8.89. The average Bonchev–Trinajstić information content (AvgIpc) is 3.18. The summed E-state index contributed by atoms with van der Waals surface area (Å²) in [6.45, 7) is 1.92. The number of esters is 1. The van der Waals surface area contributed by atoms with Crippen molar-refractivity contribution in [2.75, 3.05) is 7.05 Å². The number of nitrogens with zero attached hydrogens (tertiary/aromatic N) is 2. The van der Waals surface area contributed by atoms with Gasteiger partial charge in [0.15, 0.2) is 0 Å². The van der Waals surface area contributed by atoms with Gasteiger partial charge in [0.1, 0.15) is 0 Å². The zero-order chi connectivity index (χ0) is 20.8. The van der Waals surface area contributed by atoms with Crippen LogP contribution in [-0.4, -0.2) is 34.7 Å². The van der Waals surface area contributed by atoms with Crippen molar-refractivity contribution >= 4 is 17.9 Å². The number of aromatic nitrogens is 2. The number of carbonyl (C=O) groups is 3. The molecule has 0 aliphatic carbocycles. The topological polar surface area (TPSA) is 102 Å². The van der Waals surface area contributed by atoms with E-state index in [1.54, 1.807) is 65.5 Å². The fraction of sp³-hybridized carbons (Fsp3) is 0.143. The highest BCUT2D eigenvalue weighted by molar-refractivity contribution is 5.99. The molecule has 8 heteroatoms. The van der Waals surface area contributed by atoms with Crippen molar-refractivity contribution in [3.05, 3.63) is 83.7 Å². The number of rotatable bonds is 5. The van der Waals surface area contributed by atoms with Crippen LogP contribution in [-0.2, 0) is 9.53 Å². The molecule has 1 heterocycles. The second-order valence-electron chi connectivity index (χ2n) is 6.20. The fourth-order valence-corrected chi connectivity index (χ4v) is 2.69. The van der Waals surface area contributed by atoms with Crippen molar-refractivity contribution in [3.8, 4) is 5.69 Å². The molecule has 0 spiro atoms. The van der Waals surface area contributed by atoms with Gasteiger partial charge in [-0.25, -0.2) is 14.3 Å². The Morgan fingerprint density at radius 3 is 2.28 bits per heavy atom. The minimum absolute atomic E-state index is 0.271. The van der Waals surface area contributed by atoms with Crippen LogP contribution in [0.4, 0.5) is 4.79 Å². The third-order valence-corrected chi connectivity index (χ3v) is 4.21. The summed E-state index contributed by atoms with van der Waals surface area (Å²) in [7, 11) is 1.38. The van der Waals surface area contributed by atoms with E-state index >= 15 is 0 Å². The zero-order valence-electron chi connectivity index (χ0n) is 16.0. The van der Waals surface area contributed by atoms with E-state index in [1.165, 1.54) is 7.05 Å². The number of imide groups is 1. The van der Waals surface area contributed by atoms with Crippen LogP contribution < -0.4 is 10.6 Å². The van der Waals surface area contributed by atoms with Gasteiger partial charge >= 0.3 is 12.0 Å². The molecule has 29 heavy (non-hydrogen) atoms. The monoisotopic (exact) mass is 392 g/mol. The number of nitrogens with one attached hydrogen (secondary N) is 2. The van der Waals surface area contributed by atoms with Gasteiger partial charge in [0.05, 0.1) is 11.3 Å². The third kappa shape index (κ3) is 4.67. The van der Waals surface area contributed by atoms with Crippen molar-refractivity contribution in [3.63, 3.8) is 0 Å². The maximum atomic E-state index is 12.6.